The van der Waals surface area contributed by atoms with Crippen molar-refractivity contribution in [3.63, 3.8) is 0 Å². The number of benzene rings is 1. The second kappa shape index (κ2) is 4.88. The van der Waals surface area contributed by atoms with Gasteiger partial charge in [0.1, 0.15) is 0 Å². The van der Waals surface area contributed by atoms with Gasteiger partial charge in [-0.3, -0.25) is 9.48 Å². The van der Waals surface area contributed by atoms with Crippen LogP contribution in [-0.4, -0.2) is 22.1 Å². The van der Waals surface area contributed by atoms with Crippen molar-refractivity contribution in [1.82, 2.24) is 9.78 Å². The van der Waals surface area contributed by atoms with Gasteiger partial charge >= 0.3 is 0 Å². The maximum atomic E-state index is 12.4. The number of ketones is 1. The minimum Gasteiger partial charge on any atom is -0.384 e. The van der Waals surface area contributed by atoms with E-state index in [0.717, 1.165) is 37.2 Å². The summed E-state index contributed by atoms with van der Waals surface area (Å²) in [5.41, 5.74) is 3.76. The van der Waals surface area contributed by atoms with Crippen LogP contribution in [0.4, 0.5) is 5.69 Å². The third-order valence-corrected chi connectivity index (χ3v) is 3.43. The molecule has 1 aromatic carbocycles. The van der Waals surface area contributed by atoms with E-state index in [1.165, 1.54) is 5.56 Å². The molecule has 2 aromatic rings. The Hall–Kier alpha value is -2.10. The summed E-state index contributed by atoms with van der Waals surface area (Å²) in [5, 5.41) is 7.50. The molecule has 0 unspecified atom stereocenters. The quantitative estimate of drug-likeness (QED) is 0.854. The topological polar surface area (TPSA) is 46.9 Å². The SMILES string of the molecule is CCCn1cc(C(=O)c2ccc3c(c2)NCC3)cn1. The number of hydrogen-bond donors (Lipinski definition) is 1. The van der Waals surface area contributed by atoms with Crippen LogP contribution in [0.2, 0.25) is 0 Å². The van der Waals surface area contributed by atoms with Gasteiger partial charge in [0.15, 0.2) is 5.78 Å². The van der Waals surface area contributed by atoms with Gasteiger partial charge in [0, 0.05) is 30.5 Å². The molecule has 2 heterocycles. The molecule has 0 radical (unpaired) electrons. The van der Waals surface area contributed by atoms with Gasteiger partial charge in [0.25, 0.3) is 0 Å². The predicted octanol–water partition coefficient (Wildman–Crippen LogP) is 2.49. The minimum atomic E-state index is 0.0406. The molecule has 19 heavy (non-hydrogen) atoms. The lowest BCUT2D eigenvalue weighted by atomic mass is 10.0. The lowest BCUT2D eigenvalue weighted by Gasteiger charge is -2.03. The molecule has 98 valence electrons. The lowest BCUT2D eigenvalue weighted by Crippen LogP contribution is -2.01. The van der Waals surface area contributed by atoms with E-state index in [4.69, 9.17) is 0 Å². The lowest BCUT2D eigenvalue weighted by molar-refractivity contribution is 0.103. The van der Waals surface area contributed by atoms with E-state index >= 15 is 0 Å². The molecule has 0 aliphatic carbocycles. The fourth-order valence-electron chi connectivity index (χ4n) is 2.43. The highest BCUT2D eigenvalue weighted by Gasteiger charge is 2.15. The number of carbonyl (C=O) groups is 1. The maximum Gasteiger partial charge on any atom is 0.196 e. The fourth-order valence-corrected chi connectivity index (χ4v) is 2.43. The van der Waals surface area contributed by atoms with Gasteiger partial charge < -0.3 is 5.32 Å². The highest BCUT2D eigenvalue weighted by Crippen LogP contribution is 2.24. The van der Waals surface area contributed by atoms with Crippen LogP contribution in [0.25, 0.3) is 0 Å². The van der Waals surface area contributed by atoms with Crippen molar-refractivity contribution in [2.75, 3.05) is 11.9 Å². The summed E-state index contributed by atoms with van der Waals surface area (Å²) in [7, 11) is 0. The van der Waals surface area contributed by atoms with Crippen molar-refractivity contribution in [3.05, 3.63) is 47.3 Å². The van der Waals surface area contributed by atoms with Crippen LogP contribution >= 0.6 is 0 Å². The normalized spacial score (nSPS) is 13.1. The van der Waals surface area contributed by atoms with Crippen molar-refractivity contribution >= 4 is 11.5 Å². The molecule has 0 saturated carbocycles. The van der Waals surface area contributed by atoms with Gasteiger partial charge in [-0.25, -0.2) is 0 Å². The van der Waals surface area contributed by atoms with Crippen molar-refractivity contribution < 1.29 is 4.79 Å². The molecule has 4 heteroatoms. The Kier molecular flexibility index (Phi) is 3.07. The van der Waals surface area contributed by atoms with Crippen LogP contribution in [-0.2, 0) is 13.0 Å². The van der Waals surface area contributed by atoms with E-state index in [1.807, 2.05) is 29.1 Å². The summed E-state index contributed by atoms with van der Waals surface area (Å²) in [5.74, 6) is 0.0406. The fraction of sp³-hybridized carbons (Fsp3) is 0.333. The van der Waals surface area contributed by atoms with E-state index in [0.29, 0.717) is 5.56 Å². The Balaban J connectivity index is 1.86. The number of aromatic nitrogens is 2. The van der Waals surface area contributed by atoms with Gasteiger partial charge in [0.2, 0.25) is 0 Å². The number of rotatable bonds is 4. The number of anilines is 1. The molecule has 0 spiro atoms. The average molecular weight is 255 g/mol. The van der Waals surface area contributed by atoms with Gasteiger partial charge in [-0.15, -0.1) is 0 Å². The Labute approximate surface area is 112 Å². The zero-order valence-electron chi connectivity index (χ0n) is 11.0. The molecule has 0 atom stereocenters. The van der Waals surface area contributed by atoms with Crippen molar-refractivity contribution in [3.8, 4) is 0 Å². The molecule has 0 bridgehead atoms. The van der Waals surface area contributed by atoms with Gasteiger partial charge in [-0.05, 0) is 24.5 Å². The second-order valence-corrected chi connectivity index (χ2v) is 4.87. The summed E-state index contributed by atoms with van der Waals surface area (Å²) >= 11 is 0. The van der Waals surface area contributed by atoms with Crippen molar-refractivity contribution in [2.45, 2.75) is 26.3 Å². The number of carbonyl (C=O) groups excluding carboxylic acids is 1. The van der Waals surface area contributed by atoms with E-state index in [1.54, 1.807) is 6.20 Å². The monoisotopic (exact) mass is 255 g/mol. The molecular formula is C15H17N3O. The highest BCUT2D eigenvalue weighted by atomic mass is 16.1. The first-order valence-electron chi connectivity index (χ1n) is 6.72. The Morgan fingerprint density at radius 3 is 3.16 bits per heavy atom. The molecule has 1 aliphatic rings. The summed E-state index contributed by atoms with van der Waals surface area (Å²) < 4.78 is 1.82. The van der Waals surface area contributed by atoms with Crippen LogP contribution in [0.5, 0.6) is 0 Å². The first kappa shape index (κ1) is 12.0. The molecular weight excluding hydrogens is 238 g/mol. The highest BCUT2D eigenvalue weighted by molar-refractivity contribution is 6.09. The second-order valence-electron chi connectivity index (χ2n) is 4.87. The van der Waals surface area contributed by atoms with Gasteiger partial charge in [-0.2, -0.15) is 5.10 Å². The first-order valence-corrected chi connectivity index (χ1v) is 6.72. The molecule has 4 nitrogen and oxygen atoms in total. The Bertz CT molecular complexity index is 616. The summed E-state index contributed by atoms with van der Waals surface area (Å²) in [6, 6.07) is 5.90. The third kappa shape index (κ3) is 2.26. The molecule has 1 aromatic heterocycles. The molecule has 0 saturated heterocycles. The number of nitrogens with zero attached hydrogens (tertiary/aromatic N) is 2. The van der Waals surface area contributed by atoms with E-state index in [9.17, 15) is 4.79 Å². The van der Waals surface area contributed by atoms with E-state index in [2.05, 4.69) is 17.3 Å². The predicted molar refractivity (Wildman–Crippen MR) is 74.6 cm³/mol. The van der Waals surface area contributed by atoms with Crippen LogP contribution < -0.4 is 5.32 Å². The third-order valence-electron chi connectivity index (χ3n) is 3.43. The minimum absolute atomic E-state index is 0.0406. The first-order chi connectivity index (χ1) is 9.28. The number of fused-ring (bicyclic) bond motifs is 1. The van der Waals surface area contributed by atoms with Crippen LogP contribution in [0.1, 0.15) is 34.8 Å². The maximum absolute atomic E-state index is 12.4. The number of hydrogen-bond acceptors (Lipinski definition) is 3. The zero-order valence-corrected chi connectivity index (χ0v) is 11.0. The largest absolute Gasteiger partial charge is 0.384 e. The Morgan fingerprint density at radius 1 is 1.42 bits per heavy atom. The zero-order chi connectivity index (χ0) is 13.2. The number of aryl methyl sites for hydroxylation is 1. The smallest absolute Gasteiger partial charge is 0.196 e. The van der Waals surface area contributed by atoms with Gasteiger partial charge in [0.05, 0.1) is 11.8 Å². The molecule has 1 N–H and O–H groups in total. The molecule has 3 rings (SSSR count). The van der Waals surface area contributed by atoms with E-state index < -0.39 is 0 Å². The van der Waals surface area contributed by atoms with E-state index in [-0.39, 0.29) is 5.78 Å². The van der Waals surface area contributed by atoms with Crippen LogP contribution in [0.3, 0.4) is 0 Å². The average Bonchev–Trinajstić information content (AvgIpc) is 3.05. The summed E-state index contributed by atoms with van der Waals surface area (Å²) in [4.78, 5) is 12.4. The Morgan fingerprint density at radius 2 is 2.32 bits per heavy atom. The van der Waals surface area contributed by atoms with Crippen molar-refractivity contribution in [2.24, 2.45) is 0 Å². The number of nitrogens with one attached hydrogen (secondary N) is 1. The van der Waals surface area contributed by atoms with Crippen LogP contribution in [0, 0.1) is 0 Å². The summed E-state index contributed by atoms with van der Waals surface area (Å²) in [6.45, 7) is 3.90. The summed E-state index contributed by atoms with van der Waals surface area (Å²) in [6.07, 6.45) is 5.53. The molecule has 1 aliphatic heterocycles. The van der Waals surface area contributed by atoms with Gasteiger partial charge in [-0.1, -0.05) is 19.1 Å². The standard InChI is InChI=1S/C15H17N3O/c1-2-7-18-10-13(9-17-18)15(19)12-4-3-11-5-6-16-14(11)8-12/h3-4,8-10,16H,2,5-7H2,1H3. The molecule has 0 amide bonds. The van der Waals surface area contributed by atoms with Crippen molar-refractivity contribution in [1.29, 1.82) is 0 Å². The van der Waals surface area contributed by atoms with Crippen LogP contribution in [0.15, 0.2) is 30.6 Å². The molecule has 0 fully saturated rings.